The SMILES string of the molecule is C[C@@H]1OC[C@@H](O)[C@H]([C@H](O)[C@H](CO)NC(=O)c2ccccc2)O1. The van der Waals surface area contributed by atoms with Crippen molar-refractivity contribution in [3.63, 3.8) is 0 Å². The van der Waals surface area contributed by atoms with Crippen LogP contribution in [0.5, 0.6) is 0 Å². The molecule has 122 valence electrons. The van der Waals surface area contributed by atoms with E-state index in [1.54, 1.807) is 37.3 Å². The number of carbonyl (C=O) groups is 1. The van der Waals surface area contributed by atoms with Crippen LogP contribution >= 0.6 is 0 Å². The summed E-state index contributed by atoms with van der Waals surface area (Å²) in [6.45, 7) is 1.18. The van der Waals surface area contributed by atoms with Crippen LogP contribution in [0.15, 0.2) is 30.3 Å². The first-order valence-electron chi connectivity index (χ1n) is 7.13. The fourth-order valence-corrected chi connectivity index (χ4v) is 2.30. The van der Waals surface area contributed by atoms with Crippen molar-refractivity contribution in [3.05, 3.63) is 35.9 Å². The van der Waals surface area contributed by atoms with Crippen molar-refractivity contribution >= 4 is 5.91 Å². The number of ether oxygens (including phenoxy) is 2. The van der Waals surface area contributed by atoms with E-state index in [1.807, 2.05) is 0 Å². The number of carbonyl (C=O) groups excluding carboxylic acids is 1. The third-order valence-corrected chi connectivity index (χ3v) is 3.53. The molecule has 2 rings (SSSR count). The second kappa shape index (κ2) is 7.66. The van der Waals surface area contributed by atoms with Gasteiger partial charge >= 0.3 is 0 Å². The van der Waals surface area contributed by atoms with Gasteiger partial charge < -0.3 is 30.1 Å². The highest BCUT2D eigenvalue weighted by molar-refractivity contribution is 5.94. The number of aliphatic hydroxyl groups is 3. The molecule has 0 bridgehead atoms. The topological polar surface area (TPSA) is 108 Å². The average Bonchev–Trinajstić information content (AvgIpc) is 2.54. The Labute approximate surface area is 128 Å². The molecule has 1 aliphatic rings. The molecule has 1 aromatic carbocycles. The Balaban J connectivity index is 2.02. The molecule has 1 aliphatic heterocycles. The van der Waals surface area contributed by atoms with Crippen molar-refractivity contribution in [2.75, 3.05) is 13.2 Å². The van der Waals surface area contributed by atoms with Crippen molar-refractivity contribution in [1.82, 2.24) is 5.32 Å². The zero-order valence-electron chi connectivity index (χ0n) is 12.3. The summed E-state index contributed by atoms with van der Waals surface area (Å²) in [5, 5.41) is 32.1. The minimum absolute atomic E-state index is 0.0215. The highest BCUT2D eigenvalue weighted by Crippen LogP contribution is 2.18. The van der Waals surface area contributed by atoms with Crippen LogP contribution in [0.3, 0.4) is 0 Å². The molecular formula is C15H21NO6. The van der Waals surface area contributed by atoms with Gasteiger partial charge in [-0.05, 0) is 19.1 Å². The standard InChI is InChI=1S/C15H21NO6/c1-9-21-8-12(18)14(22-9)13(19)11(7-17)16-15(20)10-5-3-2-4-6-10/h2-6,9,11-14,17-19H,7-8H2,1H3,(H,16,20)/t9-,11+,12-,13-,14-/m1/s1. The van der Waals surface area contributed by atoms with Gasteiger partial charge in [-0.3, -0.25) is 4.79 Å². The first-order valence-corrected chi connectivity index (χ1v) is 7.13. The highest BCUT2D eigenvalue weighted by atomic mass is 16.7. The van der Waals surface area contributed by atoms with E-state index in [-0.39, 0.29) is 6.61 Å². The Bertz CT molecular complexity index is 482. The van der Waals surface area contributed by atoms with Crippen LogP contribution < -0.4 is 5.32 Å². The van der Waals surface area contributed by atoms with Gasteiger partial charge in [0.2, 0.25) is 0 Å². The fraction of sp³-hybridized carbons (Fsp3) is 0.533. The molecule has 1 fully saturated rings. The molecule has 7 heteroatoms. The number of hydrogen-bond acceptors (Lipinski definition) is 6. The third kappa shape index (κ3) is 4.02. The molecule has 0 spiro atoms. The van der Waals surface area contributed by atoms with E-state index in [4.69, 9.17) is 9.47 Å². The van der Waals surface area contributed by atoms with Crippen molar-refractivity contribution in [1.29, 1.82) is 0 Å². The van der Waals surface area contributed by atoms with Gasteiger partial charge in [-0.15, -0.1) is 0 Å². The molecule has 5 atom stereocenters. The van der Waals surface area contributed by atoms with Gasteiger partial charge in [-0.2, -0.15) is 0 Å². The summed E-state index contributed by atoms with van der Waals surface area (Å²) in [4.78, 5) is 12.1. The minimum atomic E-state index is -1.26. The van der Waals surface area contributed by atoms with Gasteiger partial charge in [-0.1, -0.05) is 18.2 Å². The molecule has 4 N–H and O–H groups in total. The number of amides is 1. The first kappa shape index (κ1) is 16.9. The number of aliphatic hydroxyl groups excluding tert-OH is 3. The third-order valence-electron chi connectivity index (χ3n) is 3.53. The Morgan fingerprint density at radius 3 is 2.73 bits per heavy atom. The van der Waals surface area contributed by atoms with Crippen molar-refractivity contribution < 1.29 is 29.6 Å². The van der Waals surface area contributed by atoms with E-state index in [0.29, 0.717) is 5.56 Å². The van der Waals surface area contributed by atoms with Crippen LogP contribution in [0.1, 0.15) is 17.3 Å². The summed E-state index contributed by atoms with van der Waals surface area (Å²) in [7, 11) is 0. The zero-order valence-corrected chi connectivity index (χ0v) is 12.3. The second-order valence-corrected chi connectivity index (χ2v) is 5.19. The summed E-state index contributed by atoms with van der Waals surface area (Å²) >= 11 is 0. The average molecular weight is 311 g/mol. The maximum absolute atomic E-state index is 12.1. The van der Waals surface area contributed by atoms with Crippen LogP contribution in [0, 0.1) is 0 Å². The first-order chi connectivity index (χ1) is 10.5. The summed E-state index contributed by atoms with van der Waals surface area (Å²) in [5.74, 6) is -0.423. The number of hydrogen-bond donors (Lipinski definition) is 4. The lowest BCUT2D eigenvalue weighted by Crippen LogP contribution is -2.58. The summed E-state index contributed by atoms with van der Waals surface area (Å²) in [5.41, 5.74) is 0.412. The highest BCUT2D eigenvalue weighted by Gasteiger charge is 2.38. The molecule has 1 amide bonds. The van der Waals surface area contributed by atoms with Crippen LogP contribution in [0.25, 0.3) is 0 Å². The normalized spacial score (nSPS) is 27.9. The van der Waals surface area contributed by atoms with Crippen molar-refractivity contribution in [2.45, 2.75) is 37.6 Å². The molecule has 0 unspecified atom stereocenters. The Morgan fingerprint density at radius 1 is 1.41 bits per heavy atom. The van der Waals surface area contributed by atoms with E-state index in [1.165, 1.54) is 0 Å². The second-order valence-electron chi connectivity index (χ2n) is 5.19. The molecule has 7 nitrogen and oxygen atoms in total. The van der Waals surface area contributed by atoms with E-state index in [2.05, 4.69) is 5.32 Å². The largest absolute Gasteiger partial charge is 0.394 e. The molecule has 22 heavy (non-hydrogen) atoms. The monoisotopic (exact) mass is 311 g/mol. The van der Waals surface area contributed by atoms with Gasteiger partial charge in [0.25, 0.3) is 5.91 Å². The lowest BCUT2D eigenvalue weighted by Gasteiger charge is -2.37. The van der Waals surface area contributed by atoms with E-state index in [9.17, 15) is 20.1 Å². The van der Waals surface area contributed by atoms with Gasteiger partial charge in [0, 0.05) is 5.56 Å². The van der Waals surface area contributed by atoms with E-state index >= 15 is 0 Å². The van der Waals surface area contributed by atoms with Gasteiger partial charge in [-0.25, -0.2) is 0 Å². The number of nitrogens with one attached hydrogen (secondary N) is 1. The predicted octanol–water partition coefficient (Wildman–Crippen LogP) is -0.740. The summed E-state index contributed by atoms with van der Waals surface area (Å²) < 4.78 is 10.4. The Morgan fingerprint density at radius 2 is 2.09 bits per heavy atom. The van der Waals surface area contributed by atoms with Crippen LogP contribution in [0.4, 0.5) is 0 Å². The predicted molar refractivity (Wildman–Crippen MR) is 77.1 cm³/mol. The number of rotatable bonds is 5. The minimum Gasteiger partial charge on any atom is -0.394 e. The molecule has 1 heterocycles. The molecule has 0 radical (unpaired) electrons. The van der Waals surface area contributed by atoms with Crippen molar-refractivity contribution in [2.24, 2.45) is 0 Å². The van der Waals surface area contributed by atoms with E-state index < -0.39 is 43.2 Å². The molecule has 1 aromatic rings. The quantitative estimate of drug-likeness (QED) is 0.570. The van der Waals surface area contributed by atoms with Crippen LogP contribution in [-0.4, -0.2) is 65.1 Å². The molecule has 0 aromatic heterocycles. The fourth-order valence-electron chi connectivity index (χ4n) is 2.30. The maximum Gasteiger partial charge on any atom is 0.251 e. The Hall–Kier alpha value is -1.51. The summed E-state index contributed by atoms with van der Waals surface area (Å²) in [6, 6.07) is 7.50. The molecular weight excluding hydrogens is 290 g/mol. The van der Waals surface area contributed by atoms with E-state index in [0.717, 1.165) is 0 Å². The number of benzene rings is 1. The zero-order chi connectivity index (χ0) is 16.1. The van der Waals surface area contributed by atoms with Crippen LogP contribution in [0.2, 0.25) is 0 Å². The van der Waals surface area contributed by atoms with Crippen molar-refractivity contribution in [3.8, 4) is 0 Å². The lowest BCUT2D eigenvalue weighted by molar-refractivity contribution is -0.266. The van der Waals surface area contributed by atoms with Crippen LogP contribution in [-0.2, 0) is 9.47 Å². The smallest absolute Gasteiger partial charge is 0.251 e. The molecule has 0 aliphatic carbocycles. The lowest BCUT2D eigenvalue weighted by atomic mass is 10.00. The Kier molecular flexibility index (Phi) is 5.87. The van der Waals surface area contributed by atoms with Gasteiger partial charge in [0.05, 0.1) is 19.3 Å². The molecule has 1 saturated heterocycles. The van der Waals surface area contributed by atoms with Gasteiger partial charge in [0.1, 0.15) is 18.3 Å². The molecule has 0 saturated carbocycles. The van der Waals surface area contributed by atoms with Gasteiger partial charge in [0.15, 0.2) is 6.29 Å². The maximum atomic E-state index is 12.1. The summed E-state index contributed by atoms with van der Waals surface area (Å²) in [6.07, 6.45) is -3.82.